The molecular formula is C19H15N5O4. The van der Waals surface area contributed by atoms with Crippen molar-refractivity contribution in [2.75, 3.05) is 5.32 Å². The Bertz CT molecular complexity index is 1280. The van der Waals surface area contributed by atoms with E-state index in [1.54, 1.807) is 37.4 Å². The second-order valence-electron chi connectivity index (χ2n) is 6.26. The Morgan fingerprint density at radius 2 is 1.96 bits per heavy atom. The molecule has 2 aromatic carbocycles. The summed E-state index contributed by atoms with van der Waals surface area (Å²) in [6, 6.07) is 13.2. The minimum absolute atomic E-state index is 0.0262. The van der Waals surface area contributed by atoms with Crippen LogP contribution in [0, 0.1) is 17.0 Å². The maximum atomic E-state index is 11.6. The molecule has 2 heterocycles. The number of aryl methyl sites for hydroxylation is 2. The highest BCUT2D eigenvalue weighted by Crippen LogP contribution is 2.25. The van der Waals surface area contributed by atoms with Crippen molar-refractivity contribution in [1.82, 2.24) is 14.5 Å². The molecule has 140 valence electrons. The molecule has 0 saturated carbocycles. The lowest BCUT2D eigenvalue weighted by Gasteiger charge is -2.09. The largest absolute Gasteiger partial charge is 0.419 e. The van der Waals surface area contributed by atoms with E-state index in [0.29, 0.717) is 39.7 Å². The Morgan fingerprint density at radius 3 is 2.75 bits per heavy atom. The number of hydrogen-bond donors (Lipinski definition) is 1. The minimum Gasteiger partial charge on any atom is -0.408 e. The lowest BCUT2D eigenvalue weighted by molar-refractivity contribution is -0.384. The molecule has 0 aliphatic carbocycles. The third kappa shape index (κ3) is 3.20. The molecule has 0 fully saturated rings. The number of nitro benzene ring substituents is 1. The first kappa shape index (κ1) is 17.4. The van der Waals surface area contributed by atoms with Crippen LogP contribution in [-0.4, -0.2) is 19.5 Å². The summed E-state index contributed by atoms with van der Waals surface area (Å²) in [6.45, 7) is 1.81. The topological polar surface area (TPSA) is 116 Å². The van der Waals surface area contributed by atoms with Gasteiger partial charge in [-0.1, -0.05) is 12.1 Å². The zero-order valence-corrected chi connectivity index (χ0v) is 15.0. The highest BCUT2D eigenvalue weighted by Gasteiger charge is 2.12. The second-order valence-corrected chi connectivity index (χ2v) is 6.26. The summed E-state index contributed by atoms with van der Waals surface area (Å²) in [5.41, 5.74) is 3.05. The van der Waals surface area contributed by atoms with Gasteiger partial charge >= 0.3 is 5.76 Å². The van der Waals surface area contributed by atoms with Crippen LogP contribution >= 0.6 is 0 Å². The van der Waals surface area contributed by atoms with Gasteiger partial charge in [-0.2, -0.15) is 0 Å². The van der Waals surface area contributed by atoms with Crippen molar-refractivity contribution < 1.29 is 9.34 Å². The van der Waals surface area contributed by atoms with Crippen molar-refractivity contribution in [3.05, 3.63) is 74.9 Å². The first-order chi connectivity index (χ1) is 13.4. The number of fused-ring (bicyclic) bond motifs is 1. The van der Waals surface area contributed by atoms with Gasteiger partial charge in [0.15, 0.2) is 11.4 Å². The van der Waals surface area contributed by atoms with Crippen LogP contribution in [0.4, 0.5) is 17.2 Å². The normalized spacial score (nSPS) is 10.9. The molecule has 28 heavy (non-hydrogen) atoms. The van der Waals surface area contributed by atoms with Gasteiger partial charge in [0.05, 0.1) is 10.4 Å². The number of nitrogens with one attached hydrogen (secondary N) is 1. The summed E-state index contributed by atoms with van der Waals surface area (Å²) in [5, 5.41) is 14.2. The predicted molar refractivity (Wildman–Crippen MR) is 104 cm³/mol. The summed E-state index contributed by atoms with van der Waals surface area (Å²) in [7, 11) is 1.64. The third-order valence-corrected chi connectivity index (χ3v) is 4.23. The highest BCUT2D eigenvalue weighted by molar-refractivity contribution is 5.78. The van der Waals surface area contributed by atoms with E-state index in [1.165, 1.54) is 16.7 Å². The predicted octanol–water partition coefficient (Wildman–Crippen LogP) is 3.55. The van der Waals surface area contributed by atoms with Crippen molar-refractivity contribution in [3.63, 3.8) is 0 Å². The van der Waals surface area contributed by atoms with Crippen molar-refractivity contribution >= 4 is 28.3 Å². The van der Waals surface area contributed by atoms with Crippen LogP contribution in [0.15, 0.2) is 57.7 Å². The summed E-state index contributed by atoms with van der Waals surface area (Å²) in [4.78, 5) is 31.0. The van der Waals surface area contributed by atoms with Gasteiger partial charge in [0.2, 0.25) is 0 Å². The van der Waals surface area contributed by atoms with Crippen molar-refractivity contribution in [3.8, 4) is 11.4 Å². The molecule has 0 atom stereocenters. The van der Waals surface area contributed by atoms with E-state index in [1.807, 2.05) is 13.0 Å². The first-order valence-corrected chi connectivity index (χ1v) is 8.38. The Labute approximate surface area is 158 Å². The average molecular weight is 377 g/mol. The molecule has 9 nitrogen and oxygen atoms in total. The Balaban J connectivity index is 1.70. The zero-order valence-electron chi connectivity index (χ0n) is 15.0. The molecule has 1 N–H and O–H groups in total. The molecule has 0 aliphatic heterocycles. The maximum absolute atomic E-state index is 11.6. The molecule has 0 bridgehead atoms. The molecule has 0 spiro atoms. The summed E-state index contributed by atoms with van der Waals surface area (Å²) < 4.78 is 6.63. The Hall–Kier alpha value is -4.01. The number of hydrogen-bond acceptors (Lipinski definition) is 7. The molecule has 4 aromatic rings. The van der Waals surface area contributed by atoms with Crippen LogP contribution in [0.3, 0.4) is 0 Å². The van der Waals surface area contributed by atoms with E-state index in [2.05, 4.69) is 15.3 Å². The number of benzene rings is 2. The van der Waals surface area contributed by atoms with Crippen molar-refractivity contribution in [1.29, 1.82) is 0 Å². The molecule has 2 aromatic heterocycles. The van der Waals surface area contributed by atoms with Gasteiger partial charge in [-0.25, -0.2) is 14.8 Å². The fraction of sp³-hybridized carbons (Fsp3) is 0.105. The van der Waals surface area contributed by atoms with Crippen molar-refractivity contribution in [2.45, 2.75) is 6.92 Å². The fourth-order valence-corrected chi connectivity index (χ4v) is 2.88. The fourth-order valence-electron chi connectivity index (χ4n) is 2.88. The van der Waals surface area contributed by atoms with Crippen LogP contribution < -0.4 is 11.1 Å². The number of anilines is 2. The van der Waals surface area contributed by atoms with Crippen LogP contribution in [0.2, 0.25) is 0 Å². The van der Waals surface area contributed by atoms with Gasteiger partial charge in [-0.05, 0) is 19.1 Å². The quantitative estimate of drug-likeness (QED) is 0.427. The lowest BCUT2D eigenvalue weighted by Crippen LogP contribution is -2.08. The van der Waals surface area contributed by atoms with Crippen molar-refractivity contribution in [2.24, 2.45) is 7.05 Å². The number of nitrogens with zero attached hydrogens (tertiary/aromatic N) is 4. The Morgan fingerprint density at radius 1 is 1.14 bits per heavy atom. The Kier molecular flexibility index (Phi) is 4.11. The maximum Gasteiger partial charge on any atom is 0.419 e. The molecule has 4 rings (SSSR count). The summed E-state index contributed by atoms with van der Waals surface area (Å²) in [6.07, 6.45) is 0. The SMILES string of the molecule is Cc1cc(Nc2ccc3c(c2)oc(=O)n3C)nc(-c2cccc([N+](=O)[O-])c2)n1. The van der Waals surface area contributed by atoms with Gasteiger partial charge in [0.1, 0.15) is 5.82 Å². The number of rotatable bonds is 4. The number of non-ortho nitro benzene ring substituents is 1. The van der Waals surface area contributed by atoms with Crippen LogP contribution in [-0.2, 0) is 7.05 Å². The van der Waals surface area contributed by atoms with Crippen LogP contribution in [0.25, 0.3) is 22.5 Å². The molecular weight excluding hydrogens is 362 g/mol. The monoisotopic (exact) mass is 377 g/mol. The third-order valence-electron chi connectivity index (χ3n) is 4.23. The molecule has 0 radical (unpaired) electrons. The van der Waals surface area contributed by atoms with E-state index in [9.17, 15) is 14.9 Å². The number of aromatic nitrogens is 3. The molecule has 0 amide bonds. The zero-order chi connectivity index (χ0) is 19.8. The van der Waals surface area contributed by atoms with Gasteiger partial charge in [-0.3, -0.25) is 14.7 Å². The van der Waals surface area contributed by atoms with Crippen LogP contribution in [0.5, 0.6) is 0 Å². The second kappa shape index (κ2) is 6.62. The molecule has 0 saturated heterocycles. The number of oxazole rings is 1. The van der Waals surface area contributed by atoms with E-state index in [4.69, 9.17) is 4.42 Å². The molecule has 0 aliphatic rings. The first-order valence-electron chi connectivity index (χ1n) is 8.38. The van der Waals surface area contributed by atoms with Gasteiger partial charge < -0.3 is 9.73 Å². The van der Waals surface area contributed by atoms with E-state index in [-0.39, 0.29) is 5.69 Å². The standard InChI is InChI=1S/C19H15N5O4/c1-11-8-17(21-13-6-7-15-16(10-13)28-19(25)23(15)2)22-18(20-11)12-4-3-5-14(9-12)24(26)27/h3-10H,1-2H3,(H,20,21,22). The molecule has 9 heteroatoms. The van der Waals surface area contributed by atoms with E-state index in [0.717, 1.165) is 0 Å². The average Bonchev–Trinajstić information content (AvgIpc) is 2.95. The smallest absolute Gasteiger partial charge is 0.408 e. The summed E-state index contributed by atoms with van der Waals surface area (Å²) >= 11 is 0. The van der Waals surface area contributed by atoms with E-state index >= 15 is 0 Å². The number of nitro groups is 1. The summed E-state index contributed by atoms with van der Waals surface area (Å²) in [5.74, 6) is 0.461. The van der Waals surface area contributed by atoms with E-state index < -0.39 is 10.7 Å². The lowest BCUT2D eigenvalue weighted by atomic mass is 10.2. The van der Waals surface area contributed by atoms with Crippen LogP contribution in [0.1, 0.15) is 5.69 Å². The highest BCUT2D eigenvalue weighted by atomic mass is 16.6. The van der Waals surface area contributed by atoms with Gasteiger partial charge in [0, 0.05) is 48.3 Å². The molecule has 0 unspecified atom stereocenters. The van der Waals surface area contributed by atoms with Gasteiger partial charge in [0.25, 0.3) is 5.69 Å². The minimum atomic E-state index is -0.457. The van der Waals surface area contributed by atoms with Gasteiger partial charge in [-0.15, -0.1) is 0 Å².